The van der Waals surface area contributed by atoms with Crippen molar-refractivity contribution < 1.29 is 0 Å². The average molecular weight is 221 g/mol. The van der Waals surface area contributed by atoms with Gasteiger partial charge < -0.3 is 0 Å². The summed E-state index contributed by atoms with van der Waals surface area (Å²) in [4.78, 5) is 4.08. The highest BCUT2D eigenvalue weighted by molar-refractivity contribution is 5.61. The molecule has 3 rings (SSSR count). The maximum absolute atomic E-state index is 4.34. The van der Waals surface area contributed by atoms with Crippen LogP contribution in [0.3, 0.4) is 0 Å². The van der Waals surface area contributed by atoms with Gasteiger partial charge in [0, 0.05) is 18.0 Å². The highest BCUT2D eigenvalue weighted by Gasteiger charge is 2.02. The molecule has 2 heterocycles. The van der Waals surface area contributed by atoms with Gasteiger partial charge in [-0.05, 0) is 17.7 Å². The standard InChI is InChI=1S/C14H11N3/c1-2-5-12(6-3-1)13-9-16-17(11-13)14-7-4-8-15-10-14/h1-11H. The third kappa shape index (κ3) is 1.95. The van der Waals surface area contributed by atoms with Crippen LogP contribution in [-0.4, -0.2) is 14.8 Å². The van der Waals surface area contributed by atoms with Crippen molar-refractivity contribution in [1.29, 1.82) is 0 Å². The quantitative estimate of drug-likeness (QED) is 0.666. The van der Waals surface area contributed by atoms with E-state index in [4.69, 9.17) is 0 Å². The lowest BCUT2D eigenvalue weighted by Gasteiger charge is -1.98. The van der Waals surface area contributed by atoms with Gasteiger partial charge in [-0.2, -0.15) is 5.10 Å². The number of hydrogen-bond donors (Lipinski definition) is 0. The summed E-state index contributed by atoms with van der Waals surface area (Å²) in [5, 5.41) is 4.34. The predicted octanol–water partition coefficient (Wildman–Crippen LogP) is 2.93. The molecule has 0 spiro atoms. The summed E-state index contributed by atoms with van der Waals surface area (Å²) < 4.78 is 1.83. The highest BCUT2D eigenvalue weighted by atomic mass is 15.3. The van der Waals surface area contributed by atoms with Crippen LogP contribution in [0, 0.1) is 0 Å². The Hall–Kier alpha value is -2.42. The van der Waals surface area contributed by atoms with Crippen LogP contribution < -0.4 is 0 Å². The number of benzene rings is 1. The average Bonchev–Trinajstić information content (AvgIpc) is 2.90. The van der Waals surface area contributed by atoms with Crippen molar-refractivity contribution in [3.8, 4) is 16.8 Å². The first-order valence-electron chi connectivity index (χ1n) is 5.44. The van der Waals surface area contributed by atoms with E-state index >= 15 is 0 Å². The molecule has 0 saturated heterocycles. The first kappa shape index (κ1) is 9.78. The Morgan fingerprint density at radius 2 is 1.71 bits per heavy atom. The fraction of sp³-hybridized carbons (Fsp3) is 0. The van der Waals surface area contributed by atoms with Crippen molar-refractivity contribution in [2.75, 3.05) is 0 Å². The number of rotatable bonds is 2. The molecule has 0 bridgehead atoms. The Kier molecular flexibility index (Phi) is 2.43. The van der Waals surface area contributed by atoms with Gasteiger partial charge in [0.2, 0.25) is 0 Å². The summed E-state index contributed by atoms with van der Waals surface area (Å²) in [5.74, 6) is 0. The van der Waals surface area contributed by atoms with Crippen molar-refractivity contribution in [2.24, 2.45) is 0 Å². The molecule has 0 unspecified atom stereocenters. The monoisotopic (exact) mass is 221 g/mol. The van der Waals surface area contributed by atoms with Gasteiger partial charge in [0.25, 0.3) is 0 Å². The number of pyridine rings is 1. The second-order valence-corrected chi connectivity index (χ2v) is 3.75. The topological polar surface area (TPSA) is 30.7 Å². The second-order valence-electron chi connectivity index (χ2n) is 3.75. The van der Waals surface area contributed by atoms with Gasteiger partial charge in [-0.25, -0.2) is 4.68 Å². The molecule has 0 aliphatic rings. The first-order valence-corrected chi connectivity index (χ1v) is 5.44. The minimum atomic E-state index is 0.967. The van der Waals surface area contributed by atoms with E-state index in [1.54, 1.807) is 12.4 Å². The van der Waals surface area contributed by atoms with E-state index in [9.17, 15) is 0 Å². The van der Waals surface area contributed by atoms with Crippen LogP contribution in [0.2, 0.25) is 0 Å². The fourth-order valence-corrected chi connectivity index (χ4v) is 1.73. The summed E-state index contributed by atoms with van der Waals surface area (Å²) in [6.07, 6.45) is 7.42. The molecule has 0 fully saturated rings. The van der Waals surface area contributed by atoms with E-state index in [1.807, 2.05) is 47.4 Å². The molecular weight excluding hydrogens is 210 g/mol. The molecule has 0 radical (unpaired) electrons. The van der Waals surface area contributed by atoms with Crippen molar-refractivity contribution in [2.45, 2.75) is 0 Å². The molecule has 1 aromatic carbocycles. The number of nitrogens with zero attached hydrogens (tertiary/aromatic N) is 3. The zero-order valence-electron chi connectivity index (χ0n) is 9.19. The minimum Gasteiger partial charge on any atom is -0.262 e. The van der Waals surface area contributed by atoms with Crippen LogP contribution in [0.4, 0.5) is 0 Å². The van der Waals surface area contributed by atoms with Gasteiger partial charge in [-0.15, -0.1) is 0 Å². The summed E-state index contributed by atoms with van der Waals surface area (Å²) >= 11 is 0. The molecule has 0 atom stereocenters. The molecule has 3 aromatic rings. The predicted molar refractivity (Wildman–Crippen MR) is 66.8 cm³/mol. The van der Waals surface area contributed by atoms with E-state index in [2.05, 4.69) is 22.2 Å². The summed E-state index contributed by atoms with van der Waals surface area (Å²) in [6, 6.07) is 14.1. The van der Waals surface area contributed by atoms with Gasteiger partial charge in [0.15, 0.2) is 0 Å². The molecule has 2 aromatic heterocycles. The summed E-state index contributed by atoms with van der Waals surface area (Å²) in [6.45, 7) is 0. The Morgan fingerprint density at radius 1 is 0.824 bits per heavy atom. The van der Waals surface area contributed by atoms with Crippen LogP contribution >= 0.6 is 0 Å². The maximum atomic E-state index is 4.34. The van der Waals surface area contributed by atoms with Crippen molar-refractivity contribution in [1.82, 2.24) is 14.8 Å². The van der Waals surface area contributed by atoms with Crippen molar-refractivity contribution in [3.05, 3.63) is 67.3 Å². The van der Waals surface area contributed by atoms with Gasteiger partial charge in [0.1, 0.15) is 0 Å². The lowest BCUT2D eigenvalue weighted by Crippen LogP contribution is -1.93. The van der Waals surface area contributed by atoms with Gasteiger partial charge >= 0.3 is 0 Å². The zero-order valence-corrected chi connectivity index (χ0v) is 9.19. The van der Waals surface area contributed by atoms with Crippen LogP contribution in [0.5, 0.6) is 0 Å². The molecule has 0 aliphatic carbocycles. The molecule has 0 saturated carbocycles. The van der Waals surface area contributed by atoms with E-state index in [1.165, 1.54) is 5.56 Å². The van der Waals surface area contributed by atoms with E-state index < -0.39 is 0 Å². The summed E-state index contributed by atoms with van der Waals surface area (Å²) in [7, 11) is 0. The van der Waals surface area contributed by atoms with Crippen LogP contribution in [0.25, 0.3) is 16.8 Å². The van der Waals surface area contributed by atoms with E-state index in [0.29, 0.717) is 0 Å². The van der Waals surface area contributed by atoms with Gasteiger partial charge in [-0.1, -0.05) is 30.3 Å². The Bertz CT molecular complexity index is 546. The molecule has 0 N–H and O–H groups in total. The number of aromatic nitrogens is 3. The van der Waals surface area contributed by atoms with Crippen molar-refractivity contribution in [3.63, 3.8) is 0 Å². The third-order valence-corrected chi connectivity index (χ3v) is 2.60. The molecule has 17 heavy (non-hydrogen) atoms. The molecule has 0 aliphatic heterocycles. The summed E-state index contributed by atoms with van der Waals surface area (Å²) in [5.41, 5.74) is 3.24. The van der Waals surface area contributed by atoms with Gasteiger partial charge in [-0.3, -0.25) is 4.98 Å². The second kappa shape index (κ2) is 4.22. The highest BCUT2D eigenvalue weighted by Crippen LogP contribution is 2.19. The van der Waals surface area contributed by atoms with Crippen LogP contribution in [0.15, 0.2) is 67.3 Å². The largest absolute Gasteiger partial charge is 0.262 e. The normalized spacial score (nSPS) is 10.4. The SMILES string of the molecule is c1ccc(-c2cnn(-c3cccnc3)c2)cc1. The maximum Gasteiger partial charge on any atom is 0.0828 e. The molecular formula is C14H11N3. The lowest BCUT2D eigenvalue weighted by atomic mass is 10.1. The van der Waals surface area contributed by atoms with Crippen molar-refractivity contribution >= 4 is 0 Å². The Morgan fingerprint density at radius 3 is 2.47 bits per heavy atom. The lowest BCUT2D eigenvalue weighted by molar-refractivity contribution is 0.874. The molecule has 3 heteroatoms. The fourth-order valence-electron chi connectivity index (χ4n) is 1.73. The Labute approximate surface area is 99.4 Å². The molecule has 82 valence electrons. The zero-order chi connectivity index (χ0) is 11.5. The van der Waals surface area contributed by atoms with E-state index in [0.717, 1.165) is 11.3 Å². The molecule has 0 amide bonds. The van der Waals surface area contributed by atoms with E-state index in [-0.39, 0.29) is 0 Å². The Balaban J connectivity index is 1.99. The number of hydrogen-bond acceptors (Lipinski definition) is 2. The minimum absolute atomic E-state index is 0.967. The smallest absolute Gasteiger partial charge is 0.0828 e. The van der Waals surface area contributed by atoms with Gasteiger partial charge in [0.05, 0.1) is 18.1 Å². The third-order valence-electron chi connectivity index (χ3n) is 2.60. The van der Waals surface area contributed by atoms with Crippen LogP contribution in [0.1, 0.15) is 0 Å². The first-order chi connectivity index (χ1) is 8.43. The molecule has 3 nitrogen and oxygen atoms in total. The van der Waals surface area contributed by atoms with Crippen LogP contribution in [-0.2, 0) is 0 Å².